The third-order valence-corrected chi connectivity index (χ3v) is 3.82. The summed E-state index contributed by atoms with van der Waals surface area (Å²) in [5, 5.41) is 2.81. The summed E-state index contributed by atoms with van der Waals surface area (Å²) < 4.78 is 11.6. The zero-order valence-electron chi connectivity index (χ0n) is 13.6. The molecule has 5 heteroatoms. The van der Waals surface area contributed by atoms with E-state index in [4.69, 9.17) is 9.47 Å². The summed E-state index contributed by atoms with van der Waals surface area (Å²) in [4.78, 5) is 16.3. The lowest BCUT2D eigenvalue weighted by molar-refractivity contribution is -0.121. The van der Waals surface area contributed by atoms with Crippen LogP contribution in [0.25, 0.3) is 0 Å². The van der Waals surface area contributed by atoms with Gasteiger partial charge in [0.15, 0.2) is 18.1 Å². The molecule has 2 aliphatic rings. The molecular formula is C18H24N2O3. The summed E-state index contributed by atoms with van der Waals surface area (Å²) in [6, 6.07) is 5.79. The lowest BCUT2D eigenvalue weighted by Gasteiger charge is -2.18. The molecule has 3 rings (SSSR count). The largest absolute Gasteiger partial charge is 0.483 e. The van der Waals surface area contributed by atoms with E-state index in [-0.39, 0.29) is 19.5 Å². The molecule has 0 unspecified atom stereocenters. The highest BCUT2D eigenvalue weighted by atomic mass is 16.5. The van der Waals surface area contributed by atoms with Crippen molar-refractivity contribution < 1.29 is 15.7 Å². The van der Waals surface area contributed by atoms with Gasteiger partial charge in [0.1, 0.15) is 11.4 Å². The van der Waals surface area contributed by atoms with Gasteiger partial charge in [0, 0.05) is 26.0 Å². The molecule has 0 aliphatic carbocycles. The number of rotatable bonds is 3. The van der Waals surface area contributed by atoms with Crippen molar-refractivity contribution in [2.75, 3.05) is 6.61 Å². The molecule has 0 atom stereocenters. The number of fused-ring (bicyclic) bond motifs is 1. The molecule has 0 radical (unpaired) electrons. The molecule has 0 saturated carbocycles. The summed E-state index contributed by atoms with van der Waals surface area (Å²) in [6.45, 7) is 4.03. The maximum Gasteiger partial charge on any atom is 0.263 e. The first kappa shape index (κ1) is 15.6. The molecule has 2 heterocycles. The molecule has 0 saturated heterocycles. The van der Waals surface area contributed by atoms with Gasteiger partial charge in [-0.3, -0.25) is 4.79 Å². The van der Waals surface area contributed by atoms with Gasteiger partial charge in [0.2, 0.25) is 0 Å². The number of amidine groups is 1. The van der Waals surface area contributed by atoms with Gasteiger partial charge in [0.05, 0.1) is 0 Å². The Labute approximate surface area is 137 Å². The summed E-state index contributed by atoms with van der Waals surface area (Å²) >= 11 is 0. The minimum Gasteiger partial charge on any atom is -0.483 e. The summed E-state index contributed by atoms with van der Waals surface area (Å²) in [7, 11) is 0. The van der Waals surface area contributed by atoms with Crippen LogP contribution in [0.5, 0.6) is 11.5 Å². The van der Waals surface area contributed by atoms with Gasteiger partial charge in [-0.25, -0.2) is 4.99 Å². The van der Waals surface area contributed by atoms with Crippen LogP contribution < -0.4 is 14.8 Å². The van der Waals surface area contributed by atoms with E-state index in [9.17, 15) is 4.79 Å². The van der Waals surface area contributed by atoms with E-state index < -0.39 is 0 Å². The Balaban J connectivity index is 0.00000208. The predicted molar refractivity (Wildman–Crippen MR) is 91.0 cm³/mol. The third kappa shape index (κ3) is 3.92. The van der Waals surface area contributed by atoms with Crippen molar-refractivity contribution in [2.45, 2.75) is 45.1 Å². The first-order valence-corrected chi connectivity index (χ1v) is 7.99. The predicted octanol–water partition coefficient (Wildman–Crippen LogP) is 3.24. The SMILES string of the molecule is CC1(C)Cc2cccc(OCC(=O)NC3=NC=CCCC3)c2O1.[HH]. The number of amides is 1. The number of allylic oxidation sites excluding steroid dienone is 1. The van der Waals surface area contributed by atoms with Gasteiger partial charge < -0.3 is 14.8 Å². The molecule has 0 bridgehead atoms. The Bertz CT molecular complexity index is 668. The Morgan fingerprint density at radius 2 is 2.35 bits per heavy atom. The molecule has 0 aromatic heterocycles. The fourth-order valence-corrected chi connectivity index (χ4v) is 2.81. The normalized spacial score (nSPS) is 18.4. The number of nitrogens with zero attached hydrogens (tertiary/aromatic N) is 1. The average molecular weight is 316 g/mol. The van der Waals surface area contributed by atoms with Crippen molar-refractivity contribution in [3.63, 3.8) is 0 Å². The second-order valence-electron chi connectivity index (χ2n) is 6.47. The van der Waals surface area contributed by atoms with Crippen LogP contribution in [0.4, 0.5) is 0 Å². The standard InChI is InChI=1S/C18H22N2O3.H2/c1-18(2)11-13-7-6-8-14(17(13)23-18)22-12-16(21)20-15-9-4-3-5-10-19-15;/h5-8,10H,3-4,9,11-12H2,1-2H3,(H,19,20,21);1H. The van der Waals surface area contributed by atoms with Gasteiger partial charge in [-0.15, -0.1) is 0 Å². The van der Waals surface area contributed by atoms with Crippen molar-refractivity contribution in [1.29, 1.82) is 0 Å². The molecule has 1 N–H and O–H groups in total. The van der Waals surface area contributed by atoms with Crippen LogP contribution in [-0.2, 0) is 11.2 Å². The van der Waals surface area contributed by atoms with E-state index in [1.165, 1.54) is 0 Å². The molecule has 1 aromatic carbocycles. The van der Waals surface area contributed by atoms with E-state index in [0.29, 0.717) is 11.6 Å². The van der Waals surface area contributed by atoms with Gasteiger partial charge in [-0.1, -0.05) is 18.2 Å². The fourth-order valence-electron chi connectivity index (χ4n) is 2.81. The highest BCUT2D eigenvalue weighted by Gasteiger charge is 2.32. The molecule has 5 nitrogen and oxygen atoms in total. The molecule has 1 amide bonds. The molecule has 124 valence electrons. The quantitative estimate of drug-likeness (QED) is 0.931. The number of nitrogens with one attached hydrogen (secondary N) is 1. The van der Waals surface area contributed by atoms with Crippen molar-refractivity contribution >= 4 is 11.7 Å². The number of hydrogen-bond donors (Lipinski definition) is 1. The highest BCUT2D eigenvalue weighted by Crippen LogP contribution is 2.41. The van der Waals surface area contributed by atoms with Crippen molar-refractivity contribution in [3.8, 4) is 11.5 Å². The second-order valence-corrected chi connectivity index (χ2v) is 6.47. The summed E-state index contributed by atoms with van der Waals surface area (Å²) in [5.41, 5.74) is 0.886. The van der Waals surface area contributed by atoms with E-state index >= 15 is 0 Å². The van der Waals surface area contributed by atoms with Crippen LogP contribution in [0.15, 0.2) is 35.5 Å². The minimum absolute atomic E-state index is 0. The molecule has 23 heavy (non-hydrogen) atoms. The van der Waals surface area contributed by atoms with Crippen LogP contribution in [0.3, 0.4) is 0 Å². The lowest BCUT2D eigenvalue weighted by Crippen LogP contribution is -2.34. The average Bonchev–Trinajstić information content (AvgIpc) is 2.66. The van der Waals surface area contributed by atoms with E-state index in [2.05, 4.69) is 10.3 Å². The Kier molecular flexibility index (Phi) is 4.37. The number of carbonyl (C=O) groups is 1. The summed E-state index contributed by atoms with van der Waals surface area (Å²) in [6.07, 6.45) is 7.34. The second kappa shape index (κ2) is 6.44. The van der Waals surface area contributed by atoms with E-state index in [0.717, 1.165) is 37.0 Å². The third-order valence-electron chi connectivity index (χ3n) is 3.82. The van der Waals surface area contributed by atoms with Crippen LogP contribution in [0.2, 0.25) is 0 Å². The van der Waals surface area contributed by atoms with E-state index in [1.807, 2.05) is 38.1 Å². The summed E-state index contributed by atoms with van der Waals surface area (Å²) in [5.74, 6) is 1.86. The number of carbonyl (C=O) groups excluding carboxylic acids is 1. The first-order valence-electron chi connectivity index (χ1n) is 7.99. The van der Waals surface area contributed by atoms with Crippen molar-refractivity contribution in [2.24, 2.45) is 4.99 Å². The Morgan fingerprint density at radius 3 is 3.22 bits per heavy atom. The highest BCUT2D eigenvalue weighted by molar-refractivity contribution is 5.99. The lowest BCUT2D eigenvalue weighted by atomic mass is 10.0. The van der Waals surface area contributed by atoms with Crippen molar-refractivity contribution in [1.82, 2.24) is 5.32 Å². The molecule has 2 aliphatic heterocycles. The number of aliphatic imine (C=N–C) groups is 1. The molecular weight excluding hydrogens is 292 g/mol. The maximum absolute atomic E-state index is 12.0. The van der Waals surface area contributed by atoms with Gasteiger partial charge in [0.25, 0.3) is 5.91 Å². The van der Waals surface area contributed by atoms with E-state index in [1.54, 1.807) is 6.20 Å². The number of ether oxygens (including phenoxy) is 2. The van der Waals surface area contributed by atoms with Gasteiger partial charge in [-0.2, -0.15) is 0 Å². The Morgan fingerprint density at radius 1 is 1.48 bits per heavy atom. The molecule has 0 spiro atoms. The number of benzene rings is 1. The monoisotopic (exact) mass is 316 g/mol. The van der Waals surface area contributed by atoms with Gasteiger partial charge >= 0.3 is 0 Å². The smallest absolute Gasteiger partial charge is 0.263 e. The number of para-hydroxylation sites is 1. The fraction of sp³-hybridized carbons (Fsp3) is 0.444. The zero-order valence-corrected chi connectivity index (χ0v) is 13.6. The minimum atomic E-state index is -0.231. The Hall–Kier alpha value is -2.30. The van der Waals surface area contributed by atoms with Crippen molar-refractivity contribution in [3.05, 3.63) is 36.0 Å². The number of hydrogen-bond acceptors (Lipinski definition) is 4. The zero-order chi connectivity index (χ0) is 16.3. The molecule has 0 fully saturated rings. The van der Waals surface area contributed by atoms with Crippen LogP contribution in [0, 0.1) is 0 Å². The molecule has 1 aromatic rings. The van der Waals surface area contributed by atoms with Crippen LogP contribution >= 0.6 is 0 Å². The first-order chi connectivity index (χ1) is 11.0. The maximum atomic E-state index is 12.0. The van der Waals surface area contributed by atoms with Crippen LogP contribution in [-0.4, -0.2) is 24.0 Å². The van der Waals surface area contributed by atoms with Crippen LogP contribution in [0.1, 0.15) is 40.1 Å². The van der Waals surface area contributed by atoms with Gasteiger partial charge in [-0.05, 0) is 32.8 Å². The topological polar surface area (TPSA) is 59.9 Å².